The maximum atomic E-state index is 14.0. The number of rotatable bonds is 5. The monoisotopic (exact) mass is 444 g/mol. The lowest BCUT2D eigenvalue weighted by Crippen LogP contribution is -2.17. The first-order chi connectivity index (χ1) is 13.1. The highest BCUT2D eigenvalue weighted by atomic mass is 35.5. The summed E-state index contributed by atoms with van der Waals surface area (Å²) < 4.78 is 54.2. The number of aryl methyl sites for hydroxylation is 1. The third kappa shape index (κ3) is 3.94. The molecule has 0 bridgehead atoms. The van der Waals surface area contributed by atoms with Crippen LogP contribution in [0.3, 0.4) is 0 Å². The minimum absolute atomic E-state index is 0.00265. The van der Waals surface area contributed by atoms with Crippen LogP contribution in [0.2, 0.25) is 10.0 Å². The molecule has 5 nitrogen and oxygen atoms in total. The SMILES string of the molecule is Cn1nc(C(=O)CS(=O)(=O)c2cc(Cl)ccc2Cl)cc1-c1c(F)cccc1F. The van der Waals surface area contributed by atoms with E-state index in [1.54, 1.807) is 0 Å². The molecule has 0 amide bonds. The van der Waals surface area contributed by atoms with Crippen molar-refractivity contribution in [1.82, 2.24) is 9.78 Å². The largest absolute Gasteiger partial charge is 0.291 e. The Morgan fingerprint density at radius 3 is 2.39 bits per heavy atom. The zero-order chi connectivity index (χ0) is 20.6. The predicted octanol–water partition coefficient (Wildman–Crippen LogP) is 4.33. The van der Waals surface area contributed by atoms with E-state index in [4.69, 9.17) is 23.2 Å². The van der Waals surface area contributed by atoms with Gasteiger partial charge in [-0.15, -0.1) is 0 Å². The standard InChI is InChI=1S/C18H12Cl2F2N2O3S/c1-24-15(18-12(21)3-2-4-13(18)22)8-14(23-24)16(25)9-28(26,27)17-7-10(19)5-6-11(17)20/h2-8H,9H2,1H3. The van der Waals surface area contributed by atoms with Crippen LogP contribution in [-0.2, 0) is 16.9 Å². The number of nitrogens with zero attached hydrogens (tertiary/aromatic N) is 2. The molecular weight excluding hydrogens is 433 g/mol. The molecule has 3 rings (SSSR count). The normalized spacial score (nSPS) is 11.6. The summed E-state index contributed by atoms with van der Waals surface area (Å²) in [6.07, 6.45) is 0. The van der Waals surface area contributed by atoms with Crippen molar-refractivity contribution in [2.45, 2.75) is 4.90 Å². The molecule has 0 saturated heterocycles. The van der Waals surface area contributed by atoms with Crippen molar-refractivity contribution in [3.8, 4) is 11.3 Å². The van der Waals surface area contributed by atoms with Crippen LogP contribution in [0.4, 0.5) is 8.78 Å². The Bertz CT molecular complexity index is 1170. The summed E-state index contributed by atoms with van der Waals surface area (Å²) in [4.78, 5) is 12.2. The van der Waals surface area contributed by atoms with Gasteiger partial charge in [0.25, 0.3) is 0 Å². The van der Waals surface area contributed by atoms with Crippen molar-refractivity contribution >= 4 is 38.8 Å². The summed E-state index contributed by atoms with van der Waals surface area (Å²) in [5.74, 6) is -3.45. The molecule has 146 valence electrons. The Morgan fingerprint density at radius 2 is 1.75 bits per heavy atom. The first-order valence-electron chi connectivity index (χ1n) is 7.79. The summed E-state index contributed by atoms with van der Waals surface area (Å²) in [5.41, 5.74) is -0.615. The summed E-state index contributed by atoms with van der Waals surface area (Å²) in [7, 11) is -2.72. The highest BCUT2D eigenvalue weighted by Gasteiger charge is 2.26. The molecule has 10 heteroatoms. The van der Waals surface area contributed by atoms with Crippen LogP contribution >= 0.6 is 23.2 Å². The van der Waals surface area contributed by atoms with Gasteiger partial charge in [-0.2, -0.15) is 5.10 Å². The lowest BCUT2D eigenvalue weighted by atomic mass is 10.1. The highest BCUT2D eigenvalue weighted by molar-refractivity contribution is 7.92. The van der Waals surface area contributed by atoms with Gasteiger partial charge in [-0.3, -0.25) is 9.48 Å². The fourth-order valence-electron chi connectivity index (χ4n) is 2.62. The van der Waals surface area contributed by atoms with Crippen LogP contribution in [0.25, 0.3) is 11.3 Å². The first kappa shape index (κ1) is 20.4. The van der Waals surface area contributed by atoms with E-state index in [-0.39, 0.29) is 31.9 Å². The number of carbonyl (C=O) groups excluding carboxylic acids is 1. The average Bonchev–Trinajstić information content (AvgIpc) is 2.98. The molecule has 2 aromatic carbocycles. The molecule has 1 heterocycles. The van der Waals surface area contributed by atoms with Gasteiger partial charge in [0.15, 0.2) is 15.6 Å². The molecule has 3 aromatic rings. The second-order valence-electron chi connectivity index (χ2n) is 5.89. The molecular formula is C18H12Cl2F2N2O3S. The van der Waals surface area contributed by atoms with Gasteiger partial charge in [0.1, 0.15) is 23.1 Å². The molecule has 0 aliphatic heterocycles. The summed E-state index contributed by atoms with van der Waals surface area (Å²) in [5, 5.41) is 3.96. The number of carbonyl (C=O) groups is 1. The zero-order valence-electron chi connectivity index (χ0n) is 14.3. The quantitative estimate of drug-likeness (QED) is 0.549. The maximum absolute atomic E-state index is 14.0. The van der Waals surface area contributed by atoms with Crippen molar-refractivity contribution in [3.05, 3.63) is 69.8 Å². The second-order valence-corrected chi connectivity index (χ2v) is 8.69. The fraction of sp³-hybridized carbons (Fsp3) is 0.111. The van der Waals surface area contributed by atoms with E-state index in [9.17, 15) is 22.0 Å². The third-order valence-corrected chi connectivity index (χ3v) is 6.26. The lowest BCUT2D eigenvalue weighted by Gasteiger charge is -2.05. The van der Waals surface area contributed by atoms with Crippen LogP contribution in [-0.4, -0.2) is 29.7 Å². The summed E-state index contributed by atoms with van der Waals surface area (Å²) in [6.45, 7) is 0. The number of benzene rings is 2. The van der Waals surface area contributed by atoms with Crippen LogP contribution in [0.1, 0.15) is 10.5 Å². The van der Waals surface area contributed by atoms with Crippen LogP contribution in [0.5, 0.6) is 0 Å². The Labute approximate surface area is 169 Å². The molecule has 0 spiro atoms. The smallest absolute Gasteiger partial charge is 0.198 e. The van der Waals surface area contributed by atoms with Gasteiger partial charge >= 0.3 is 0 Å². The van der Waals surface area contributed by atoms with Crippen molar-refractivity contribution in [2.75, 3.05) is 5.75 Å². The minimum atomic E-state index is -4.11. The Hall–Kier alpha value is -2.29. The number of hydrogen-bond donors (Lipinski definition) is 0. The van der Waals surface area contributed by atoms with Gasteiger partial charge in [-0.1, -0.05) is 29.3 Å². The van der Waals surface area contributed by atoms with Gasteiger partial charge in [0.05, 0.1) is 21.2 Å². The van der Waals surface area contributed by atoms with E-state index in [0.29, 0.717) is 0 Å². The third-order valence-electron chi connectivity index (χ3n) is 3.93. The van der Waals surface area contributed by atoms with Gasteiger partial charge in [-0.05, 0) is 36.4 Å². The Kier molecular flexibility index (Phi) is 5.56. The van der Waals surface area contributed by atoms with Gasteiger partial charge in [0, 0.05) is 12.1 Å². The van der Waals surface area contributed by atoms with Crippen molar-refractivity contribution in [2.24, 2.45) is 7.05 Å². The number of ketones is 1. The number of hydrogen-bond acceptors (Lipinski definition) is 4. The Balaban J connectivity index is 1.95. The molecule has 1 aromatic heterocycles. The fourth-order valence-corrected chi connectivity index (χ4v) is 4.65. The molecule has 0 N–H and O–H groups in total. The van der Waals surface area contributed by atoms with E-state index in [1.807, 2.05) is 0 Å². The van der Waals surface area contributed by atoms with Crippen LogP contribution < -0.4 is 0 Å². The first-order valence-corrected chi connectivity index (χ1v) is 10.2. The number of Topliss-reactive ketones (excluding diaryl/α,β-unsaturated/α-hetero) is 1. The second kappa shape index (κ2) is 7.62. The Morgan fingerprint density at radius 1 is 1.11 bits per heavy atom. The van der Waals surface area contributed by atoms with E-state index < -0.39 is 33.0 Å². The molecule has 0 saturated carbocycles. The van der Waals surface area contributed by atoms with E-state index in [1.165, 1.54) is 25.2 Å². The van der Waals surface area contributed by atoms with Gasteiger partial charge in [-0.25, -0.2) is 17.2 Å². The number of sulfone groups is 1. The minimum Gasteiger partial charge on any atom is -0.291 e. The molecule has 0 radical (unpaired) electrons. The molecule has 0 unspecified atom stereocenters. The van der Waals surface area contributed by atoms with E-state index in [0.717, 1.165) is 28.9 Å². The molecule has 28 heavy (non-hydrogen) atoms. The highest BCUT2D eigenvalue weighted by Crippen LogP contribution is 2.28. The van der Waals surface area contributed by atoms with Crippen LogP contribution in [0, 0.1) is 11.6 Å². The number of aromatic nitrogens is 2. The van der Waals surface area contributed by atoms with Crippen molar-refractivity contribution in [1.29, 1.82) is 0 Å². The van der Waals surface area contributed by atoms with E-state index in [2.05, 4.69) is 5.10 Å². The topological polar surface area (TPSA) is 69.0 Å². The van der Waals surface area contributed by atoms with E-state index >= 15 is 0 Å². The lowest BCUT2D eigenvalue weighted by molar-refractivity contribution is 0.101. The predicted molar refractivity (Wildman–Crippen MR) is 101 cm³/mol. The summed E-state index contributed by atoms with van der Waals surface area (Å²) in [6, 6.07) is 8.35. The molecule has 0 aliphatic rings. The van der Waals surface area contributed by atoms with Gasteiger partial charge in [0.2, 0.25) is 0 Å². The molecule has 0 atom stereocenters. The van der Waals surface area contributed by atoms with Gasteiger partial charge < -0.3 is 0 Å². The molecule has 0 fully saturated rings. The van der Waals surface area contributed by atoms with Crippen molar-refractivity contribution < 1.29 is 22.0 Å². The zero-order valence-corrected chi connectivity index (χ0v) is 16.6. The maximum Gasteiger partial charge on any atom is 0.198 e. The van der Waals surface area contributed by atoms with Crippen molar-refractivity contribution in [3.63, 3.8) is 0 Å². The average molecular weight is 445 g/mol. The molecule has 0 aliphatic carbocycles. The number of halogens is 4. The summed E-state index contributed by atoms with van der Waals surface area (Å²) >= 11 is 11.7. The van der Waals surface area contributed by atoms with Crippen LogP contribution in [0.15, 0.2) is 47.4 Å².